The van der Waals surface area contributed by atoms with Crippen LogP contribution in [0.15, 0.2) is 0 Å². The number of likely N-dealkylation sites (tertiary alicyclic amines) is 1. The first-order valence-electron chi connectivity index (χ1n) is 7.34. The second-order valence-corrected chi connectivity index (χ2v) is 5.98. The molecule has 1 atom stereocenters. The maximum atomic E-state index is 2.70. The summed E-state index contributed by atoms with van der Waals surface area (Å²) in [5, 5.41) is 0. The van der Waals surface area contributed by atoms with E-state index >= 15 is 0 Å². The van der Waals surface area contributed by atoms with Gasteiger partial charge in [-0.15, -0.1) is 0 Å². The summed E-state index contributed by atoms with van der Waals surface area (Å²) in [7, 11) is 2.25. The minimum Gasteiger partial charge on any atom is -0.306 e. The second kappa shape index (κ2) is 6.17. The molecule has 0 bridgehead atoms. The number of piperidine rings is 1. The van der Waals surface area contributed by atoms with Gasteiger partial charge in [-0.05, 0) is 52.4 Å². The Morgan fingerprint density at radius 2 is 1.76 bits per heavy atom. The fourth-order valence-corrected chi connectivity index (χ4v) is 3.32. The van der Waals surface area contributed by atoms with Gasteiger partial charge >= 0.3 is 0 Å². The van der Waals surface area contributed by atoms with Gasteiger partial charge in [-0.25, -0.2) is 0 Å². The molecule has 100 valence electrons. The van der Waals surface area contributed by atoms with Gasteiger partial charge in [0.05, 0.1) is 0 Å². The zero-order valence-electron chi connectivity index (χ0n) is 11.9. The van der Waals surface area contributed by atoms with Crippen LogP contribution in [0.1, 0.15) is 26.7 Å². The van der Waals surface area contributed by atoms with Crippen LogP contribution in [0.2, 0.25) is 0 Å². The first-order valence-corrected chi connectivity index (χ1v) is 7.34. The summed E-state index contributed by atoms with van der Waals surface area (Å²) in [5.74, 6) is 0.951. The molecular weight excluding hydrogens is 210 g/mol. The smallest absolute Gasteiger partial charge is 0.0195 e. The average molecular weight is 239 g/mol. The molecule has 0 N–H and O–H groups in total. The van der Waals surface area contributed by atoms with E-state index in [1.165, 1.54) is 58.7 Å². The summed E-state index contributed by atoms with van der Waals surface area (Å²) in [6, 6.07) is 0.750. The number of hydrogen-bond acceptors (Lipinski definition) is 3. The van der Waals surface area contributed by atoms with Crippen LogP contribution in [0.3, 0.4) is 0 Å². The highest BCUT2D eigenvalue weighted by Gasteiger charge is 2.25. The molecule has 0 aromatic heterocycles. The third-order valence-corrected chi connectivity index (χ3v) is 4.61. The molecule has 0 amide bonds. The van der Waals surface area contributed by atoms with Crippen molar-refractivity contribution in [1.82, 2.24) is 14.7 Å². The van der Waals surface area contributed by atoms with Crippen molar-refractivity contribution >= 4 is 0 Å². The Balaban J connectivity index is 1.73. The van der Waals surface area contributed by atoms with Gasteiger partial charge in [0, 0.05) is 32.2 Å². The van der Waals surface area contributed by atoms with Crippen molar-refractivity contribution in [3.05, 3.63) is 0 Å². The van der Waals surface area contributed by atoms with Gasteiger partial charge in [0.15, 0.2) is 0 Å². The number of likely N-dealkylation sites (N-methyl/N-ethyl adjacent to an activating group) is 1. The normalized spacial score (nSPS) is 30.9. The quantitative estimate of drug-likeness (QED) is 0.736. The zero-order chi connectivity index (χ0) is 12.3. The van der Waals surface area contributed by atoms with Crippen LogP contribution >= 0.6 is 0 Å². The topological polar surface area (TPSA) is 9.72 Å². The first kappa shape index (κ1) is 13.3. The van der Waals surface area contributed by atoms with E-state index in [1.54, 1.807) is 0 Å². The lowest BCUT2D eigenvalue weighted by Gasteiger charge is -2.41. The lowest BCUT2D eigenvalue weighted by Crippen LogP contribution is -2.53. The highest BCUT2D eigenvalue weighted by Crippen LogP contribution is 2.19. The van der Waals surface area contributed by atoms with Crippen molar-refractivity contribution in [2.75, 3.05) is 52.9 Å². The van der Waals surface area contributed by atoms with Crippen LogP contribution in [0.5, 0.6) is 0 Å². The van der Waals surface area contributed by atoms with Gasteiger partial charge in [-0.2, -0.15) is 0 Å². The van der Waals surface area contributed by atoms with Crippen LogP contribution in [0.25, 0.3) is 0 Å². The highest BCUT2D eigenvalue weighted by atomic mass is 15.3. The SMILES string of the molecule is CCN1CCN(CC2CCN(C)CC2)C[C@H]1C. The molecule has 0 aromatic rings. The van der Waals surface area contributed by atoms with Crippen LogP contribution < -0.4 is 0 Å². The summed E-state index contributed by atoms with van der Waals surface area (Å²) in [4.78, 5) is 7.77. The van der Waals surface area contributed by atoms with Gasteiger partial charge in [-0.3, -0.25) is 4.90 Å². The molecule has 0 radical (unpaired) electrons. The minimum atomic E-state index is 0.750. The molecule has 3 heteroatoms. The number of piperazine rings is 1. The Bertz CT molecular complexity index is 224. The van der Waals surface area contributed by atoms with E-state index in [0.717, 1.165) is 12.0 Å². The largest absolute Gasteiger partial charge is 0.306 e. The Labute approximate surface area is 107 Å². The fraction of sp³-hybridized carbons (Fsp3) is 1.00. The van der Waals surface area contributed by atoms with Gasteiger partial charge in [0.1, 0.15) is 0 Å². The maximum absolute atomic E-state index is 2.70. The van der Waals surface area contributed by atoms with Crippen LogP contribution in [0, 0.1) is 5.92 Å². The Morgan fingerprint density at radius 3 is 2.35 bits per heavy atom. The van der Waals surface area contributed by atoms with E-state index in [9.17, 15) is 0 Å². The van der Waals surface area contributed by atoms with Gasteiger partial charge in [0.25, 0.3) is 0 Å². The van der Waals surface area contributed by atoms with E-state index in [1.807, 2.05) is 0 Å². The lowest BCUT2D eigenvalue weighted by atomic mass is 9.96. The summed E-state index contributed by atoms with van der Waals surface area (Å²) in [6.07, 6.45) is 2.80. The molecular formula is C14H29N3. The van der Waals surface area contributed by atoms with Crippen molar-refractivity contribution in [3.8, 4) is 0 Å². The Kier molecular flexibility index (Phi) is 4.83. The second-order valence-electron chi connectivity index (χ2n) is 5.98. The zero-order valence-corrected chi connectivity index (χ0v) is 11.9. The van der Waals surface area contributed by atoms with Crippen molar-refractivity contribution in [1.29, 1.82) is 0 Å². The predicted octanol–water partition coefficient (Wildman–Crippen LogP) is 1.35. The molecule has 0 spiro atoms. The molecule has 2 fully saturated rings. The molecule has 2 aliphatic rings. The first-order chi connectivity index (χ1) is 8.19. The predicted molar refractivity (Wildman–Crippen MR) is 73.4 cm³/mol. The molecule has 0 aromatic carbocycles. The van der Waals surface area contributed by atoms with Crippen molar-refractivity contribution in [2.45, 2.75) is 32.7 Å². The number of hydrogen-bond donors (Lipinski definition) is 0. The fourth-order valence-electron chi connectivity index (χ4n) is 3.32. The molecule has 0 saturated carbocycles. The van der Waals surface area contributed by atoms with E-state index in [-0.39, 0.29) is 0 Å². The summed E-state index contributed by atoms with van der Waals surface area (Å²) >= 11 is 0. The standard InChI is InChI=1S/C14H29N3/c1-4-17-10-9-16(11-13(17)2)12-14-5-7-15(3)8-6-14/h13-14H,4-12H2,1-3H3/t13-/m1/s1. The summed E-state index contributed by atoms with van der Waals surface area (Å²) in [6.45, 7) is 13.6. The van der Waals surface area contributed by atoms with E-state index in [4.69, 9.17) is 0 Å². The third kappa shape index (κ3) is 3.67. The number of rotatable bonds is 3. The van der Waals surface area contributed by atoms with Crippen LogP contribution in [0.4, 0.5) is 0 Å². The van der Waals surface area contributed by atoms with Crippen molar-refractivity contribution in [3.63, 3.8) is 0 Å². The summed E-state index contributed by atoms with van der Waals surface area (Å²) < 4.78 is 0. The lowest BCUT2D eigenvalue weighted by molar-refractivity contribution is 0.0669. The van der Waals surface area contributed by atoms with Crippen LogP contribution in [-0.2, 0) is 0 Å². The monoisotopic (exact) mass is 239 g/mol. The molecule has 2 aliphatic heterocycles. The maximum Gasteiger partial charge on any atom is 0.0195 e. The Morgan fingerprint density at radius 1 is 1.06 bits per heavy atom. The molecule has 3 nitrogen and oxygen atoms in total. The molecule has 2 saturated heterocycles. The minimum absolute atomic E-state index is 0.750. The van der Waals surface area contributed by atoms with Gasteiger partial charge in [0.2, 0.25) is 0 Å². The number of nitrogens with zero attached hydrogens (tertiary/aromatic N) is 3. The van der Waals surface area contributed by atoms with Gasteiger partial charge < -0.3 is 9.80 Å². The van der Waals surface area contributed by atoms with E-state index in [2.05, 4.69) is 35.6 Å². The van der Waals surface area contributed by atoms with Crippen molar-refractivity contribution < 1.29 is 0 Å². The summed E-state index contributed by atoms with van der Waals surface area (Å²) in [5.41, 5.74) is 0. The molecule has 0 aliphatic carbocycles. The third-order valence-electron chi connectivity index (χ3n) is 4.61. The van der Waals surface area contributed by atoms with Crippen molar-refractivity contribution in [2.24, 2.45) is 5.92 Å². The van der Waals surface area contributed by atoms with E-state index in [0.29, 0.717) is 0 Å². The molecule has 2 rings (SSSR count). The average Bonchev–Trinajstić information content (AvgIpc) is 2.32. The highest BCUT2D eigenvalue weighted by molar-refractivity contribution is 4.81. The Hall–Kier alpha value is -0.120. The van der Waals surface area contributed by atoms with E-state index < -0.39 is 0 Å². The molecule has 2 heterocycles. The van der Waals surface area contributed by atoms with Crippen LogP contribution in [-0.4, -0.2) is 73.6 Å². The molecule has 0 unspecified atom stereocenters. The molecule has 17 heavy (non-hydrogen) atoms. The van der Waals surface area contributed by atoms with Gasteiger partial charge in [-0.1, -0.05) is 6.92 Å².